The first-order valence-electron chi connectivity index (χ1n) is 39.4. The van der Waals surface area contributed by atoms with E-state index >= 15 is 0 Å². The summed E-state index contributed by atoms with van der Waals surface area (Å²) in [6, 6.07) is -25.9. The maximum Gasteiger partial charge on any atom is 0.322 e. The van der Waals surface area contributed by atoms with Crippen LogP contribution in [-0.2, 0) is 105 Å². The number of carboxylic acids is 5. The molecule has 0 radical (unpaired) electrons. The predicted octanol–water partition coefficient (Wildman–Crippen LogP) is -10.1. The van der Waals surface area contributed by atoms with Crippen LogP contribution in [0.3, 0.4) is 0 Å². The first kappa shape index (κ1) is 111. The fraction of sp³-hybridized carbons (Fsp3) is 0.699. The molecule has 0 aliphatic rings. The molecule has 0 aliphatic heterocycles. The van der Waals surface area contributed by atoms with E-state index in [0.29, 0.717) is 12.8 Å². The quantitative estimate of drug-likeness (QED) is 0.0251. The van der Waals surface area contributed by atoms with Gasteiger partial charge in [-0.25, -0.2) is 0 Å². The highest BCUT2D eigenvalue weighted by atomic mass is 32.2. The van der Waals surface area contributed by atoms with Crippen LogP contribution in [0.15, 0.2) is 0 Å². The fourth-order valence-electron chi connectivity index (χ4n) is 11.1. The minimum atomic E-state index is -2.18. The molecule has 0 unspecified atom stereocenters. The number of nitrogens with one attached hydrogen (secondary N) is 17. The molecule has 29 N–H and O–H groups in total. The molecule has 0 rings (SSSR count). The van der Waals surface area contributed by atoms with Crippen molar-refractivity contribution in [1.29, 1.82) is 0 Å². The second-order valence-electron chi connectivity index (χ2n) is 30.2. The fourth-order valence-corrected chi connectivity index (χ4v) is 11.6. The van der Waals surface area contributed by atoms with Gasteiger partial charge in [-0.3, -0.25) is 105 Å². The van der Waals surface area contributed by atoms with Gasteiger partial charge in [0.25, 0.3) is 0 Å². The number of unbranched alkanes of at least 4 members (excludes halogenated alkanes) is 1. The summed E-state index contributed by atoms with van der Waals surface area (Å²) in [5, 5.41) is 116. The Kier molecular flexibility index (Phi) is 52.3. The van der Waals surface area contributed by atoms with Gasteiger partial charge in [0.15, 0.2) is 0 Å². The number of amides is 17. The Morgan fingerprint density at radius 3 is 1.02 bits per heavy atom. The molecular formula is C73H123N19O30S. The van der Waals surface area contributed by atoms with E-state index in [9.17, 15) is 136 Å². The van der Waals surface area contributed by atoms with E-state index in [1.54, 1.807) is 54.7 Å². The molecule has 17 amide bonds. The molecule has 696 valence electrons. The van der Waals surface area contributed by atoms with Crippen molar-refractivity contribution in [1.82, 2.24) is 90.4 Å². The monoisotopic (exact) mass is 1780 g/mol. The minimum absolute atomic E-state index is 0.0254. The van der Waals surface area contributed by atoms with Crippen molar-refractivity contribution >= 4 is 142 Å². The lowest BCUT2D eigenvalue weighted by Crippen LogP contribution is -2.62. The van der Waals surface area contributed by atoms with E-state index < -0.39 is 303 Å². The van der Waals surface area contributed by atoms with Crippen molar-refractivity contribution in [2.75, 3.05) is 51.4 Å². The summed E-state index contributed by atoms with van der Waals surface area (Å²) >= 11 is 1.19. The Morgan fingerprint density at radius 1 is 0.325 bits per heavy atom. The average molecular weight is 1780 g/mol. The van der Waals surface area contributed by atoms with Crippen LogP contribution in [0, 0.1) is 23.7 Å². The van der Waals surface area contributed by atoms with E-state index in [2.05, 4.69) is 90.4 Å². The zero-order chi connectivity index (χ0) is 94.4. The molecule has 0 saturated carbocycles. The SMILES string of the molecule is CC[C@H](C)[C@H](NC(=O)[C@H](CC(C)C)NC(=O)[C@H](CC(=O)O)NC(=O)[C@H](CC(=O)O)NC(=O)[C@H](CC(C)C)NC(=O)[C@H](C)NC(=O)[C@H](C)NC(=O)[C@H](CC(=O)O)NC(=O)[C@H](CCSC)NC(=O)CNC(=O)[C@H](CO)NC(=O)[C@H](CCCCN)NC(=O)CNC(=O)[C@@H](N)CO)C(=O)N[C@@H](CC(=O)O)C(=O)N[C@H](C(=O)N[C@@H](CC(C)C)C(=O)NCC(=O)O)[C@@H](C)O. The van der Waals surface area contributed by atoms with Gasteiger partial charge in [-0.1, -0.05) is 61.8 Å². The summed E-state index contributed by atoms with van der Waals surface area (Å²) < 4.78 is 0. The number of thioether (sulfide) groups is 1. The lowest BCUT2D eigenvalue weighted by Gasteiger charge is -2.30. The van der Waals surface area contributed by atoms with Crippen molar-refractivity contribution in [2.24, 2.45) is 35.1 Å². The molecule has 0 aliphatic carbocycles. The summed E-state index contributed by atoms with van der Waals surface area (Å²) in [4.78, 5) is 290. The zero-order valence-electron chi connectivity index (χ0n) is 70.6. The first-order valence-corrected chi connectivity index (χ1v) is 40.8. The van der Waals surface area contributed by atoms with Gasteiger partial charge >= 0.3 is 29.8 Å². The summed E-state index contributed by atoms with van der Waals surface area (Å²) in [6.07, 6.45) is -4.93. The molecule has 0 aromatic heterocycles. The van der Waals surface area contributed by atoms with Crippen LogP contribution in [0.5, 0.6) is 0 Å². The standard InChI is InChI=1S/C73H123N19O30S/c1-13-35(8)57(72(121)89-48(26-55(104)105)71(120)92-58(38(11)95)73(122)88-42(20-32(2)3)62(111)78-29-56(106)107)91-70(119)44(22-34(6)7)84-68(117)46(24-53(100)101)87-69(118)47(25-54(102)103)86-67(116)43(21-33(4)5)83-60(109)37(10)79-59(108)36(9)80-66(115)45(23-52(98)99)85-65(114)41(17-19-123-12)82-51(97)28-77-63(112)49(31-94)90-64(113)40(16-14-15-18-74)81-50(96)27-76-61(110)39(75)30-93/h32-49,57-58,93-95H,13-31,74-75H2,1-12H3,(H,76,110)(H,77,112)(H,78,111)(H,79,108)(H,80,115)(H,81,96)(H,82,97)(H,83,109)(H,84,117)(H,85,114)(H,86,116)(H,87,118)(H,88,122)(H,89,121)(H,90,113)(H,91,119)(H,92,120)(H,98,99)(H,100,101)(H,102,103)(H,104,105)(H,106,107)/t35-,36-,37-,38+,39-,40-,41-,42-,43-,44-,45-,46-,47-,48-,49-,57-,58-/m0/s1. The Hall–Kier alpha value is -11.5. The molecule has 0 aromatic carbocycles. The number of rotatable bonds is 61. The third-order valence-corrected chi connectivity index (χ3v) is 18.5. The van der Waals surface area contributed by atoms with Gasteiger partial charge in [-0.2, -0.15) is 11.8 Å². The molecule has 0 aromatic rings. The number of hydrogen-bond donors (Lipinski definition) is 27. The third kappa shape index (κ3) is 44.7. The van der Waals surface area contributed by atoms with Gasteiger partial charge in [-0.15, -0.1) is 0 Å². The molecule has 123 heavy (non-hydrogen) atoms. The lowest BCUT2D eigenvalue weighted by atomic mass is 9.96. The Morgan fingerprint density at radius 2 is 0.634 bits per heavy atom. The minimum Gasteiger partial charge on any atom is -0.481 e. The van der Waals surface area contributed by atoms with Gasteiger partial charge in [0.1, 0.15) is 97.2 Å². The topological polar surface area (TPSA) is 794 Å². The van der Waals surface area contributed by atoms with Crippen LogP contribution < -0.4 is 102 Å². The third-order valence-electron chi connectivity index (χ3n) is 17.9. The summed E-state index contributed by atoms with van der Waals surface area (Å²) in [6.45, 7) is 12.0. The van der Waals surface area contributed by atoms with Crippen molar-refractivity contribution < 1.29 is 146 Å². The summed E-state index contributed by atoms with van der Waals surface area (Å²) in [7, 11) is 0. The number of carbonyl (C=O) groups is 22. The van der Waals surface area contributed by atoms with Gasteiger partial charge in [-0.05, 0) is 108 Å². The number of carbonyl (C=O) groups excluding carboxylic acids is 17. The van der Waals surface area contributed by atoms with Crippen LogP contribution in [0.4, 0.5) is 0 Å². The van der Waals surface area contributed by atoms with Crippen molar-refractivity contribution in [3.05, 3.63) is 0 Å². The van der Waals surface area contributed by atoms with Crippen molar-refractivity contribution in [2.45, 2.75) is 250 Å². The zero-order valence-corrected chi connectivity index (χ0v) is 71.4. The van der Waals surface area contributed by atoms with Crippen LogP contribution in [0.25, 0.3) is 0 Å². The van der Waals surface area contributed by atoms with Gasteiger partial charge in [0.2, 0.25) is 100 Å². The molecule has 50 heteroatoms. The normalized spacial score (nSPS) is 15.3. The molecule has 0 heterocycles. The molecule has 17 atom stereocenters. The van der Waals surface area contributed by atoms with E-state index in [-0.39, 0.29) is 56.7 Å². The highest BCUT2D eigenvalue weighted by molar-refractivity contribution is 7.98. The Balaban J connectivity index is 6.64. The van der Waals surface area contributed by atoms with Crippen molar-refractivity contribution in [3.8, 4) is 0 Å². The van der Waals surface area contributed by atoms with E-state index in [4.69, 9.17) is 21.7 Å². The van der Waals surface area contributed by atoms with Crippen LogP contribution in [0.1, 0.15) is 153 Å². The molecule has 49 nitrogen and oxygen atoms in total. The highest BCUT2D eigenvalue weighted by Gasteiger charge is 2.40. The van der Waals surface area contributed by atoms with Gasteiger partial charge in [0.05, 0.1) is 58.1 Å². The smallest absolute Gasteiger partial charge is 0.322 e. The van der Waals surface area contributed by atoms with E-state index in [1.807, 2.05) is 0 Å². The lowest BCUT2D eigenvalue weighted by molar-refractivity contribution is -0.144. The number of carboxylic acid groups (broad SMARTS) is 5. The second-order valence-corrected chi connectivity index (χ2v) is 31.1. The van der Waals surface area contributed by atoms with Gasteiger partial charge in [0, 0.05) is 0 Å². The highest BCUT2D eigenvalue weighted by Crippen LogP contribution is 2.16. The molecule has 0 bridgehead atoms. The summed E-state index contributed by atoms with van der Waals surface area (Å²) in [5.74, 6) is -29.7. The maximum atomic E-state index is 14.3. The van der Waals surface area contributed by atoms with Crippen LogP contribution in [0.2, 0.25) is 0 Å². The number of aliphatic carboxylic acids is 5. The molecule has 0 spiro atoms. The Bertz CT molecular complexity index is 3670. The summed E-state index contributed by atoms with van der Waals surface area (Å²) in [5.41, 5.74) is 11.0. The number of aliphatic hydroxyl groups excluding tert-OH is 3. The largest absolute Gasteiger partial charge is 0.481 e. The number of nitrogens with two attached hydrogens (primary N) is 2. The van der Waals surface area contributed by atoms with Crippen LogP contribution >= 0.6 is 11.8 Å². The predicted molar refractivity (Wildman–Crippen MR) is 432 cm³/mol. The van der Waals surface area contributed by atoms with Crippen LogP contribution in [-0.4, -0.2) is 319 Å². The maximum absolute atomic E-state index is 14.3. The second kappa shape index (κ2) is 57.7. The number of aliphatic hydroxyl groups is 3. The van der Waals surface area contributed by atoms with Crippen molar-refractivity contribution in [3.63, 3.8) is 0 Å². The molecule has 0 fully saturated rings. The first-order chi connectivity index (χ1) is 57.4. The molecular weight excluding hydrogens is 1650 g/mol. The van der Waals surface area contributed by atoms with E-state index in [1.165, 1.54) is 18.7 Å². The molecule has 0 saturated heterocycles. The number of hydrogen-bond acceptors (Lipinski definition) is 28. The Labute approximate surface area is 712 Å². The average Bonchev–Trinajstić information content (AvgIpc) is 0.839. The van der Waals surface area contributed by atoms with Gasteiger partial charge < -0.3 is 143 Å². The van der Waals surface area contributed by atoms with E-state index in [0.717, 1.165) is 20.8 Å².